The smallest absolute Gasteiger partial charge is 0.167 e. The maximum Gasteiger partial charge on any atom is 0.167 e. The van der Waals surface area contributed by atoms with Crippen molar-refractivity contribution in [3.05, 3.63) is 53.2 Å². The summed E-state index contributed by atoms with van der Waals surface area (Å²) < 4.78 is 26.0. The van der Waals surface area contributed by atoms with Gasteiger partial charge in [0.2, 0.25) is 0 Å². The van der Waals surface area contributed by atoms with E-state index in [1.165, 1.54) is 30.5 Å². The predicted octanol–water partition coefficient (Wildman–Crippen LogP) is 3.76. The Morgan fingerprint density at radius 2 is 1.81 bits per heavy atom. The normalized spacial score (nSPS) is 10.2. The minimum absolute atomic E-state index is 0.0519. The van der Waals surface area contributed by atoms with Gasteiger partial charge in [0, 0.05) is 11.9 Å². The lowest BCUT2D eigenvalue weighted by Crippen LogP contribution is -1.96. The highest BCUT2D eigenvalue weighted by molar-refractivity contribution is 6.30. The molecule has 1 aromatic carbocycles. The van der Waals surface area contributed by atoms with Crippen LogP contribution in [0.1, 0.15) is 0 Å². The summed E-state index contributed by atoms with van der Waals surface area (Å²) in [7, 11) is 0. The SMILES string of the molecule is Fc1ccc(Nc2ncc(Cl)cc2F)cc1. The number of hydrogen-bond acceptors (Lipinski definition) is 2. The number of aromatic nitrogens is 1. The van der Waals surface area contributed by atoms with Crippen molar-refractivity contribution in [1.82, 2.24) is 4.98 Å². The minimum atomic E-state index is -0.558. The Bertz CT molecular complexity index is 500. The lowest BCUT2D eigenvalue weighted by Gasteiger charge is -2.06. The van der Waals surface area contributed by atoms with Crippen LogP contribution in [0.15, 0.2) is 36.5 Å². The van der Waals surface area contributed by atoms with Crippen LogP contribution < -0.4 is 5.32 Å². The fourth-order valence-electron chi connectivity index (χ4n) is 1.18. The standard InChI is InChI=1S/C11H7ClF2N2/c12-7-5-10(14)11(15-6-7)16-9-3-1-8(13)2-4-9/h1-6H,(H,15,16). The molecule has 0 spiro atoms. The summed E-state index contributed by atoms with van der Waals surface area (Å²) in [5, 5.41) is 2.94. The molecule has 1 heterocycles. The first-order valence-electron chi connectivity index (χ1n) is 4.49. The lowest BCUT2D eigenvalue weighted by atomic mass is 10.3. The first-order valence-corrected chi connectivity index (χ1v) is 4.86. The summed E-state index contributed by atoms with van der Waals surface area (Å²) in [6.07, 6.45) is 1.33. The average Bonchev–Trinajstić information content (AvgIpc) is 2.25. The van der Waals surface area contributed by atoms with Gasteiger partial charge in [0.15, 0.2) is 11.6 Å². The molecule has 16 heavy (non-hydrogen) atoms. The molecule has 2 rings (SSSR count). The number of halogens is 3. The molecule has 1 N–H and O–H groups in total. The molecule has 0 bridgehead atoms. The largest absolute Gasteiger partial charge is 0.338 e. The van der Waals surface area contributed by atoms with E-state index >= 15 is 0 Å². The van der Waals surface area contributed by atoms with E-state index in [9.17, 15) is 8.78 Å². The molecular weight excluding hydrogens is 234 g/mol. The number of rotatable bonds is 2. The monoisotopic (exact) mass is 240 g/mol. The van der Waals surface area contributed by atoms with Gasteiger partial charge in [-0.2, -0.15) is 0 Å². The minimum Gasteiger partial charge on any atom is -0.338 e. The number of anilines is 2. The van der Waals surface area contributed by atoms with Crippen molar-refractivity contribution in [1.29, 1.82) is 0 Å². The Labute approximate surface area is 95.9 Å². The molecule has 2 aromatic rings. The van der Waals surface area contributed by atoms with Crippen molar-refractivity contribution < 1.29 is 8.78 Å². The zero-order chi connectivity index (χ0) is 11.5. The highest BCUT2D eigenvalue weighted by atomic mass is 35.5. The van der Waals surface area contributed by atoms with Crippen molar-refractivity contribution in [2.24, 2.45) is 0 Å². The summed E-state index contributed by atoms with van der Waals surface area (Å²) in [5.74, 6) is -0.858. The molecule has 1 aromatic heterocycles. The van der Waals surface area contributed by atoms with E-state index in [4.69, 9.17) is 11.6 Å². The Balaban J connectivity index is 2.23. The van der Waals surface area contributed by atoms with Crippen molar-refractivity contribution in [2.75, 3.05) is 5.32 Å². The third-order valence-electron chi connectivity index (χ3n) is 1.91. The van der Waals surface area contributed by atoms with Crippen LogP contribution in [0.4, 0.5) is 20.3 Å². The van der Waals surface area contributed by atoms with E-state index in [2.05, 4.69) is 10.3 Å². The first-order chi connectivity index (χ1) is 7.65. The number of pyridine rings is 1. The summed E-state index contributed by atoms with van der Waals surface area (Å²) in [6.45, 7) is 0. The third kappa shape index (κ3) is 2.46. The van der Waals surface area contributed by atoms with Gasteiger partial charge in [0.1, 0.15) is 5.82 Å². The Morgan fingerprint density at radius 1 is 1.12 bits per heavy atom. The van der Waals surface area contributed by atoms with Gasteiger partial charge in [-0.1, -0.05) is 11.6 Å². The van der Waals surface area contributed by atoms with E-state index < -0.39 is 5.82 Å². The fraction of sp³-hybridized carbons (Fsp3) is 0. The fourth-order valence-corrected chi connectivity index (χ4v) is 1.32. The molecule has 0 amide bonds. The maximum absolute atomic E-state index is 13.3. The lowest BCUT2D eigenvalue weighted by molar-refractivity contribution is 0.626. The second-order valence-electron chi connectivity index (χ2n) is 3.12. The summed E-state index contributed by atoms with van der Waals surface area (Å²) >= 11 is 5.56. The van der Waals surface area contributed by atoms with E-state index in [0.29, 0.717) is 5.69 Å². The van der Waals surface area contributed by atoms with Crippen molar-refractivity contribution in [3.8, 4) is 0 Å². The zero-order valence-electron chi connectivity index (χ0n) is 8.05. The average molecular weight is 241 g/mol. The van der Waals surface area contributed by atoms with Crippen molar-refractivity contribution in [3.63, 3.8) is 0 Å². The zero-order valence-corrected chi connectivity index (χ0v) is 8.80. The van der Waals surface area contributed by atoms with Gasteiger partial charge in [0.25, 0.3) is 0 Å². The number of benzene rings is 1. The predicted molar refractivity (Wildman–Crippen MR) is 58.9 cm³/mol. The highest BCUT2D eigenvalue weighted by Gasteiger charge is 2.04. The van der Waals surface area contributed by atoms with Crippen molar-refractivity contribution in [2.45, 2.75) is 0 Å². The maximum atomic E-state index is 13.3. The Hall–Kier alpha value is -1.68. The second-order valence-corrected chi connectivity index (χ2v) is 3.55. The van der Waals surface area contributed by atoms with Crippen LogP contribution in [0.25, 0.3) is 0 Å². The number of hydrogen-bond donors (Lipinski definition) is 1. The topological polar surface area (TPSA) is 24.9 Å². The molecule has 0 aliphatic heterocycles. The van der Waals surface area contributed by atoms with E-state index in [1.54, 1.807) is 0 Å². The van der Waals surface area contributed by atoms with E-state index in [1.807, 2.05) is 0 Å². The van der Waals surface area contributed by atoms with Crippen LogP contribution in [-0.4, -0.2) is 4.98 Å². The Kier molecular flexibility index (Phi) is 3.01. The molecule has 0 aliphatic rings. The van der Waals surface area contributed by atoms with Gasteiger partial charge in [-0.15, -0.1) is 0 Å². The molecular formula is C11H7ClF2N2. The van der Waals surface area contributed by atoms with E-state index in [0.717, 1.165) is 6.07 Å². The van der Waals surface area contributed by atoms with Crippen LogP contribution in [0, 0.1) is 11.6 Å². The molecule has 0 saturated carbocycles. The number of nitrogens with one attached hydrogen (secondary N) is 1. The van der Waals surface area contributed by atoms with E-state index in [-0.39, 0.29) is 16.7 Å². The summed E-state index contributed by atoms with van der Waals surface area (Å²) in [4.78, 5) is 3.78. The molecule has 82 valence electrons. The molecule has 5 heteroatoms. The van der Waals surface area contributed by atoms with Gasteiger partial charge < -0.3 is 5.32 Å². The molecule has 0 radical (unpaired) electrons. The molecule has 0 aliphatic carbocycles. The molecule has 2 nitrogen and oxygen atoms in total. The molecule has 0 atom stereocenters. The van der Waals surface area contributed by atoms with Crippen molar-refractivity contribution >= 4 is 23.1 Å². The van der Waals surface area contributed by atoms with Crippen LogP contribution in [-0.2, 0) is 0 Å². The van der Waals surface area contributed by atoms with Crippen LogP contribution >= 0.6 is 11.6 Å². The summed E-state index contributed by atoms with van der Waals surface area (Å²) in [5.41, 5.74) is 0.551. The molecule has 0 fully saturated rings. The quantitative estimate of drug-likeness (QED) is 0.865. The second kappa shape index (κ2) is 4.45. The summed E-state index contributed by atoms with van der Waals surface area (Å²) in [6, 6.07) is 6.68. The van der Waals surface area contributed by atoms with Gasteiger partial charge in [-0.3, -0.25) is 0 Å². The number of nitrogens with zero attached hydrogens (tertiary/aromatic N) is 1. The molecule has 0 unspecified atom stereocenters. The Morgan fingerprint density at radius 3 is 2.44 bits per heavy atom. The van der Waals surface area contributed by atoms with Crippen LogP contribution in [0.5, 0.6) is 0 Å². The van der Waals surface area contributed by atoms with Gasteiger partial charge in [-0.25, -0.2) is 13.8 Å². The molecule has 0 saturated heterocycles. The van der Waals surface area contributed by atoms with Crippen LogP contribution in [0.3, 0.4) is 0 Å². The van der Waals surface area contributed by atoms with Crippen LogP contribution in [0.2, 0.25) is 5.02 Å². The van der Waals surface area contributed by atoms with Gasteiger partial charge >= 0.3 is 0 Å². The van der Waals surface area contributed by atoms with Gasteiger partial charge in [0.05, 0.1) is 5.02 Å². The highest BCUT2D eigenvalue weighted by Crippen LogP contribution is 2.20. The van der Waals surface area contributed by atoms with Gasteiger partial charge in [-0.05, 0) is 30.3 Å². The first kappa shape index (κ1) is 10.8. The third-order valence-corrected chi connectivity index (χ3v) is 2.12.